The Balaban J connectivity index is 1.89. The maximum Gasteiger partial charge on any atom is 0.130 e. The van der Waals surface area contributed by atoms with E-state index < -0.39 is 0 Å². The van der Waals surface area contributed by atoms with Crippen LogP contribution in [0, 0.1) is 10.8 Å². The van der Waals surface area contributed by atoms with Crippen molar-refractivity contribution in [3.05, 3.63) is 41.7 Å². The molecule has 2 aliphatic rings. The largest absolute Gasteiger partial charge is 0.388 e. The molecule has 4 rings (SSSR count). The van der Waals surface area contributed by atoms with E-state index in [2.05, 4.69) is 33.5 Å². The Hall–Kier alpha value is -3.30. The van der Waals surface area contributed by atoms with Gasteiger partial charge in [0.25, 0.3) is 0 Å². The molecule has 0 aromatic carbocycles. The molecule has 1 unspecified atom stereocenters. The van der Waals surface area contributed by atoms with Crippen molar-refractivity contribution in [2.45, 2.75) is 38.5 Å². The molecule has 9 nitrogen and oxygen atoms in total. The molecule has 9 heteroatoms. The summed E-state index contributed by atoms with van der Waals surface area (Å²) in [6.07, 6.45) is 10.7. The fourth-order valence-corrected chi connectivity index (χ4v) is 4.47. The predicted octanol–water partition coefficient (Wildman–Crippen LogP) is 3.17. The predicted molar refractivity (Wildman–Crippen MR) is 136 cm³/mol. The quantitative estimate of drug-likeness (QED) is 0.444. The zero-order valence-corrected chi connectivity index (χ0v) is 19.8. The molecule has 2 saturated heterocycles. The Morgan fingerprint density at radius 1 is 1.18 bits per heavy atom. The van der Waals surface area contributed by atoms with Crippen LogP contribution >= 0.6 is 0 Å². The van der Waals surface area contributed by atoms with Gasteiger partial charge in [0.1, 0.15) is 23.3 Å². The maximum absolute atomic E-state index is 7.74. The lowest BCUT2D eigenvalue weighted by Crippen LogP contribution is -2.44. The number of hydrogen-bond acceptors (Lipinski definition) is 9. The van der Waals surface area contributed by atoms with Crippen molar-refractivity contribution in [2.75, 3.05) is 38.3 Å². The Bertz CT molecular complexity index is 1090. The van der Waals surface area contributed by atoms with Crippen LogP contribution in [-0.4, -0.2) is 68.1 Å². The fourth-order valence-electron chi connectivity index (χ4n) is 4.47. The summed E-state index contributed by atoms with van der Waals surface area (Å²) in [6, 6.07) is 4.20. The van der Waals surface area contributed by atoms with Gasteiger partial charge in [-0.3, -0.25) is 4.98 Å². The third-order valence-electron chi connectivity index (χ3n) is 6.19. The molecule has 0 bridgehead atoms. The molecular formula is C25H33N7O2. The Morgan fingerprint density at radius 2 is 2.00 bits per heavy atom. The molecule has 0 amide bonds. The molecule has 2 aromatic heterocycles. The molecule has 0 aliphatic carbocycles. The second-order valence-corrected chi connectivity index (χ2v) is 8.44. The average molecular weight is 464 g/mol. The van der Waals surface area contributed by atoms with Crippen LogP contribution in [-0.2, 0) is 9.47 Å². The van der Waals surface area contributed by atoms with Crippen molar-refractivity contribution >= 4 is 40.5 Å². The number of ether oxygens (including phenoxy) is 2. The molecule has 4 N–H and O–H groups in total. The summed E-state index contributed by atoms with van der Waals surface area (Å²) < 4.78 is 11.5. The number of rotatable bonds is 8. The van der Waals surface area contributed by atoms with E-state index in [1.165, 1.54) is 12.4 Å². The van der Waals surface area contributed by atoms with Gasteiger partial charge < -0.3 is 35.8 Å². The zero-order chi connectivity index (χ0) is 23.9. The van der Waals surface area contributed by atoms with E-state index in [1.807, 2.05) is 13.1 Å². The lowest BCUT2D eigenvalue weighted by Gasteiger charge is -2.35. The number of fused-ring (bicyclic) bond motifs is 1. The number of aromatic nitrogens is 2. The molecule has 2 aliphatic heterocycles. The molecular weight excluding hydrogens is 430 g/mol. The lowest BCUT2D eigenvalue weighted by molar-refractivity contribution is 0.00530. The molecule has 0 radical (unpaired) electrons. The van der Waals surface area contributed by atoms with E-state index in [4.69, 9.17) is 25.3 Å². The van der Waals surface area contributed by atoms with Gasteiger partial charge in [0.15, 0.2) is 0 Å². The standard InChI is InChI=1S/C25H33N7O2/c1-17-16-33-14-12-32(17)22-15-19(20(28-2)6-9-26)18-8-11-29-25(24(18)31-22)21(7-10-27)30-23-5-3-4-13-34-23/h6-11,15,17,23,26-28,30H,3-5,12-14,16H2,1-2H3/b20-6-,21-7-,26-9?,27-10?/t17-,23?/m1/s1. The second kappa shape index (κ2) is 11.2. The van der Waals surface area contributed by atoms with Crippen molar-refractivity contribution in [3.8, 4) is 0 Å². The Labute approximate surface area is 200 Å². The maximum atomic E-state index is 7.74. The molecule has 0 saturated carbocycles. The van der Waals surface area contributed by atoms with Gasteiger partial charge >= 0.3 is 0 Å². The minimum Gasteiger partial charge on any atom is -0.388 e. The summed E-state index contributed by atoms with van der Waals surface area (Å²) >= 11 is 0. The van der Waals surface area contributed by atoms with Crippen molar-refractivity contribution in [1.82, 2.24) is 20.6 Å². The summed E-state index contributed by atoms with van der Waals surface area (Å²) in [5, 5.41) is 23.0. The topological polar surface area (TPSA) is 119 Å². The van der Waals surface area contributed by atoms with Gasteiger partial charge in [-0.2, -0.15) is 0 Å². The summed E-state index contributed by atoms with van der Waals surface area (Å²) in [5.74, 6) is 0.835. The summed E-state index contributed by atoms with van der Waals surface area (Å²) in [6.45, 7) is 4.89. The highest BCUT2D eigenvalue weighted by Crippen LogP contribution is 2.32. The summed E-state index contributed by atoms with van der Waals surface area (Å²) in [7, 11) is 1.85. The van der Waals surface area contributed by atoms with Crippen LogP contribution in [0.4, 0.5) is 5.82 Å². The summed E-state index contributed by atoms with van der Waals surface area (Å²) in [5.41, 5.74) is 3.88. The number of morpholine rings is 1. The number of pyridine rings is 2. The molecule has 2 aromatic rings. The van der Waals surface area contributed by atoms with E-state index in [0.29, 0.717) is 24.6 Å². The first-order chi connectivity index (χ1) is 16.7. The van der Waals surface area contributed by atoms with Crippen LogP contribution in [0.3, 0.4) is 0 Å². The van der Waals surface area contributed by atoms with Crippen molar-refractivity contribution in [1.29, 1.82) is 10.8 Å². The third kappa shape index (κ3) is 5.10. The summed E-state index contributed by atoms with van der Waals surface area (Å²) in [4.78, 5) is 12.0. The average Bonchev–Trinajstić information content (AvgIpc) is 2.87. The lowest BCUT2D eigenvalue weighted by atomic mass is 10.0. The number of hydrogen-bond donors (Lipinski definition) is 4. The van der Waals surface area contributed by atoms with E-state index >= 15 is 0 Å². The SMILES string of the molecule is CN/C(=C\C=N)c1cc(N2CCOC[C@H]2C)nc2c(/C(=C/C=N)NC3CCCCO3)nccc12. The number of nitrogens with one attached hydrogen (secondary N) is 4. The molecule has 4 heterocycles. The molecule has 180 valence electrons. The first kappa shape index (κ1) is 23.8. The van der Waals surface area contributed by atoms with Crippen LogP contribution in [0.15, 0.2) is 30.5 Å². The van der Waals surface area contributed by atoms with Crippen LogP contribution in [0.5, 0.6) is 0 Å². The smallest absolute Gasteiger partial charge is 0.130 e. The molecule has 2 atom stereocenters. The monoisotopic (exact) mass is 463 g/mol. The molecule has 2 fully saturated rings. The van der Waals surface area contributed by atoms with Crippen molar-refractivity contribution in [3.63, 3.8) is 0 Å². The molecule has 0 spiro atoms. The van der Waals surface area contributed by atoms with Crippen LogP contribution in [0.2, 0.25) is 0 Å². The van der Waals surface area contributed by atoms with Crippen LogP contribution < -0.4 is 15.5 Å². The van der Waals surface area contributed by atoms with Crippen LogP contribution in [0.25, 0.3) is 22.3 Å². The van der Waals surface area contributed by atoms with E-state index in [9.17, 15) is 0 Å². The van der Waals surface area contributed by atoms with Gasteiger partial charge in [0.2, 0.25) is 0 Å². The number of anilines is 1. The normalized spacial score (nSPS) is 21.9. The van der Waals surface area contributed by atoms with E-state index in [-0.39, 0.29) is 12.3 Å². The first-order valence-electron chi connectivity index (χ1n) is 11.8. The fraction of sp³-hybridized carbons (Fsp3) is 0.440. The van der Waals surface area contributed by atoms with Gasteiger partial charge in [0, 0.05) is 55.5 Å². The van der Waals surface area contributed by atoms with Crippen molar-refractivity contribution < 1.29 is 9.47 Å². The minimum absolute atomic E-state index is 0.121. The van der Waals surface area contributed by atoms with Gasteiger partial charge in [0.05, 0.1) is 25.0 Å². The van der Waals surface area contributed by atoms with E-state index in [0.717, 1.165) is 60.4 Å². The zero-order valence-electron chi connectivity index (χ0n) is 19.8. The number of allylic oxidation sites excluding steroid dienone is 2. The van der Waals surface area contributed by atoms with Gasteiger partial charge in [-0.05, 0) is 50.5 Å². The Morgan fingerprint density at radius 3 is 2.71 bits per heavy atom. The number of nitrogens with zero attached hydrogens (tertiary/aromatic N) is 3. The highest BCUT2D eigenvalue weighted by atomic mass is 16.5. The van der Waals surface area contributed by atoms with Crippen LogP contribution in [0.1, 0.15) is 37.4 Å². The van der Waals surface area contributed by atoms with E-state index in [1.54, 1.807) is 18.3 Å². The first-order valence-corrected chi connectivity index (χ1v) is 11.8. The Kier molecular flexibility index (Phi) is 7.87. The van der Waals surface area contributed by atoms with Crippen molar-refractivity contribution in [2.24, 2.45) is 0 Å². The molecule has 34 heavy (non-hydrogen) atoms. The highest BCUT2D eigenvalue weighted by molar-refractivity contribution is 6.00. The highest BCUT2D eigenvalue weighted by Gasteiger charge is 2.24. The minimum atomic E-state index is -0.121. The van der Waals surface area contributed by atoms with Gasteiger partial charge in [-0.25, -0.2) is 4.98 Å². The van der Waals surface area contributed by atoms with Gasteiger partial charge in [-0.1, -0.05) is 0 Å². The third-order valence-corrected chi connectivity index (χ3v) is 6.19. The second-order valence-electron chi connectivity index (χ2n) is 8.44. The van der Waals surface area contributed by atoms with Gasteiger partial charge in [-0.15, -0.1) is 0 Å².